The lowest BCUT2D eigenvalue weighted by molar-refractivity contribution is -0.130. The van der Waals surface area contributed by atoms with Crippen LogP contribution in [0.4, 0.5) is 0 Å². The van der Waals surface area contributed by atoms with Crippen molar-refractivity contribution >= 4 is 28.6 Å². The van der Waals surface area contributed by atoms with Gasteiger partial charge in [-0.1, -0.05) is 36.9 Å². The number of fused-ring (bicyclic) bond motifs is 1. The molecule has 0 spiro atoms. The smallest absolute Gasteiger partial charge is 0.262 e. The molecule has 1 aromatic heterocycles. The lowest BCUT2D eigenvalue weighted by Gasteiger charge is -2.30. The van der Waals surface area contributed by atoms with Gasteiger partial charge in [-0.2, -0.15) is 0 Å². The molecule has 132 valence electrons. The third-order valence-electron chi connectivity index (χ3n) is 4.47. The number of allylic oxidation sites excluding steroid dienone is 1. The molecule has 0 bridgehead atoms. The molecule has 25 heavy (non-hydrogen) atoms. The average molecular weight is 357 g/mol. The first-order valence-corrected chi connectivity index (χ1v) is 9.59. The van der Waals surface area contributed by atoms with Crippen molar-refractivity contribution < 1.29 is 4.79 Å². The van der Waals surface area contributed by atoms with Gasteiger partial charge < -0.3 is 4.90 Å². The van der Waals surface area contributed by atoms with E-state index in [2.05, 4.69) is 18.5 Å². The Morgan fingerprint density at radius 2 is 2.24 bits per heavy atom. The number of carbonyl (C=O) groups excluding carboxylic acids is 1. The van der Waals surface area contributed by atoms with Crippen molar-refractivity contribution in [1.82, 2.24) is 14.5 Å². The Bertz CT molecular complexity index is 846. The fourth-order valence-electron chi connectivity index (χ4n) is 3.18. The minimum absolute atomic E-state index is 0.0907. The lowest BCUT2D eigenvalue weighted by atomic mass is 10.0. The standard InChI is InChI=1S/C19H23N3O2S/c1-3-10-22-18(24)15-8-4-5-9-16(15)20-19(22)25-13-17(23)21-11-6-7-14(2)12-21/h3-5,8-9,14H,1,6-7,10-13H2,2H3/t14-/m1/s1. The van der Waals surface area contributed by atoms with Crippen LogP contribution in [0, 0.1) is 5.92 Å². The summed E-state index contributed by atoms with van der Waals surface area (Å²) >= 11 is 1.33. The number of thioether (sulfide) groups is 1. The second-order valence-corrected chi connectivity index (χ2v) is 7.43. The van der Waals surface area contributed by atoms with E-state index in [9.17, 15) is 9.59 Å². The minimum Gasteiger partial charge on any atom is -0.342 e. The molecule has 2 heterocycles. The van der Waals surface area contributed by atoms with E-state index < -0.39 is 0 Å². The van der Waals surface area contributed by atoms with Crippen molar-refractivity contribution in [3.8, 4) is 0 Å². The predicted octanol–water partition coefficient (Wildman–Crippen LogP) is 2.93. The number of nitrogens with zero attached hydrogens (tertiary/aromatic N) is 3. The molecule has 1 saturated heterocycles. The summed E-state index contributed by atoms with van der Waals surface area (Å²) in [6.07, 6.45) is 3.92. The van der Waals surface area contributed by atoms with Gasteiger partial charge in [-0.25, -0.2) is 4.98 Å². The normalized spacial score (nSPS) is 17.6. The molecule has 1 aromatic carbocycles. The summed E-state index contributed by atoms with van der Waals surface area (Å²) in [7, 11) is 0. The first-order chi connectivity index (χ1) is 12.1. The molecule has 5 nitrogen and oxygen atoms in total. The van der Waals surface area contributed by atoms with Gasteiger partial charge in [0.1, 0.15) is 0 Å². The molecule has 2 aromatic rings. The second-order valence-electron chi connectivity index (χ2n) is 6.49. The fourth-order valence-corrected chi connectivity index (χ4v) is 4.09. The monoisotopic (exact) mass is 357 g/mol. The molecule has 0 N–H and O–H groups in total. The molecule has 1 aliphatic rings. The van der Waals surface area contributed by atoms with E-state index in [4.69, 9.17) is 0 Å². The molecule has 3 rings (SSSR count). The Hall–Kier alpha value is -2.08. The summed E-state index contributed by atoms with van der Waals surface area (Å²) in [5, 5.41) is 1.16. The number of likely N-dealkylation sites (tertiary alicyclic amines) is 1. The zero-order chi connectivity index (χ0) is 17.8. The molecule has 6 heteroatoms. The topological polar surface area (TPSA) is 55.2 Å². The number of hydrogen-bond acceptors (Lipinski definition) is 4. The zero-order valence-corrected chi connectivity index (χ0v) is 15.3. The van der Waals surface area contributed by atoms with Gasteiger partial charge in [0.05, 0.1) is 16.7 Å². The number of aromatic nitrogens is 2. The average Bonchev–Trinajstić information content (AvgIpc) is 2.62. The predicted molar refractivity (Wildman–Crippen MR) is 102 cm³/mol. The van der Waals surface area contributed by atoms with E-state index in [1.807, 2.05) is 23.1 Å². The van der Waals surface area contributed by atoms with E-state index in [1.165, 1.54) is 18.2 Å². The molecule has 1 amide bonds. The molecular formula is C19H23N3O2S. The van der Waals surface area contributed by atoms with E-state index in [1.54, 1.807) is 16.7 Å². The number of rotatable bonds is 5. The van der Waals surface area contributed by atoms with Gasteiger partial charge in [0, 0.05) is 19.6 Å². The van der Waals surface area contributed by atoms with Crippen LogP contribution < -0.4 is 5.56 Å². The number of para-hydroxylation sites is 1. The molecule has 1 atom stereocenters. The minimum atomic E-state index is -0.0907. The van der Waals surface area contributed by atoms with E-state index in [0.717, 1.165) is 19.5 Å². The van der Waals surface area contributed by atoms with Gasteiger partial charge >= 0.3 is 0 Å². The summed E-state index contributed by atoms with van der Waals surface area (Å²) < 4.78 is 1.59. The molecule has 0 saturated carbocycles. The van der Waals surface area contributed by atoms with Crippen LogP contribution in [-0.2, 0) is 11.3 Å². The Morgan fingerprint density at radius 1 is 1.44 bits per heavy atom. The Labute approximate surface area is 151 Å². The van der Waals surface area contributed by atoms with Crippen LogP contribution in [0.15, 0.2) is 46.9 Å². The fraction of sp³-hybridized carbons (Fsp3) is 0.421. The maximum absolute atomic E-state index is 12.7. The first-order valence-electron chi connectivity index (χ1n) is 8.61. The maximum atomic E-state index is 12.7. The molecule has 0 radical (unpaired) electrons. The van der Waals surface area contributed by atoms with E-state index >= 15 is 0 Å². The van der Waals surface area contributed by atoms with Gasteiger partial charge in [0.25, 0.3) is 5.56 Å². The van der Waals surface area contributed by atoms with Crippen LogP contribution in [0.25, 0.3) is 10.9 Å². The molecular weight excluding hydrogens is 334 g/mol. The SMILES string of the molecule is C=CCn1c(SCC(=O)N2CCC[C@@H](C)C2)nc2ccccc2c1=O. The van der Waals surface area contributed by atoms with Gasteiger partial charge in [-0.3, -0.25) is 14.2 Å². The van der Waals surface area contributed by atoms with Crippen molar-refractivity contribution in [3.63, 3.8) is 0 Å². The highest BCUT2D eigenvalue weighted by Crippen LogP contribution is 2.21. The third-order valence-corrected chi connectivity index (χ3v) is 5.43. The number of benzene rings is 1. The number of hydrogen-bond donors (Lipinski definition) is 0. The van der Waals surface area contributed by atoms with Crippen molar-refractivity contribution in [2.75, 3.05) is 18.8 Å². The molecule has 0 unspecified atom stereocenters. The summed E-state index contributed by atoms with van der Waals surface area (Å²) in [5.74, 6) is 0.971. The Kier molecular flexibility index (Phi) is 5.58. The van der Waals surface area contributed by atoms with Crippen molar-refractivity contribution in [2.24, 2.45) is 5.92 Å². The highest BCUT2D eigenvalue weighted by atomic mass is 32.2. The summed E-state index contributed by atoms with van der Waals surface area (Å²) in [5.41, 5.74) is 0.571. The number of carbonyl (C=O) groups is 1. The second kappa shape index (κ2) is 7.87. The van der Waals surface area contributed by atoms with Crippen LogP contribution in [0.1, 0.15) is 19.8 Å². The zero-order valence-electron chi connectivity index (χ0n) is 14.5. The Morgan fingerprint density at radius 3 is 3.00 bits per heavy atom. The molecule has 1 aliphatic heterocycles. The number of piperidine rings is 1. The van der Waals surface area contributed by atoms with Gasteiger partial charge in [-0.05, 0) is 30.9 Å². The largest absolute Gasteiger partial charge is 0.342 e. The highest BCUT2D eigenvalue weighted by molar-refractivity contribution is 7.99. The van der Waals surface area contributed by atoms with Gasteiger partial charge in [0.2, 0.25) is 5.91 Å². The summed E-state index contributed by atoms with van der Waals surface area (Å²) in [6, 6.07) is 7.30. The quantitative estimate of drug-likeness (QED) is 0.469. The highest BCUT2D eigenvalue weighted by Gasteiger charge is 2.21. The van der Waals surface area contributed by atoms with Gasteiger partial charge in [0.15, 0.2) is 5.16 Å². The van der Waals surface area contributed by atoms with Crippen LogP contribution in [0.5, 0.6) is 0 Å². The molecule has 1 fully saturated rings. The lowest BCUT2D eigenvalue weighted by Crippen LogP contribution is -2.40. The maximum Gasteiger partial charge on any atom is 0.262 e. The van der Waals surface area contributed by atoms with Crippen LogP contribution in [0.3, 0.4) is 0 Å². The van der Waals surface area contributed by atoms with Crippen molar-refractivity contribution in [1.29, 1.82) is 0 Å². The summed E-state index contributed by atoms with van der Waals surface area (Å²) in [6.45, 7) is 7.94. The van der Waals surface area contributed by atoms with E-state index in [-0.39, 0.29) is 11.5 Å². The van der Waals surface area contributed by atoms with Crippen molar-refractivity contribution in [2.45, 2.75) is 31.5 Å². The van der Waals surface area contributed by atoms with Crippen LogP contribution in [-0.4, -0.2) is 39.2 Å². The first kappa shape index (κ1) is 17.7. The van der Waals surface area contributed by atoms with Crippen molar-refractivity contribution in [3.05, 3.63) is 47.3 Å². The van der Waals surface area contributed by atoms with E-state index in [0.29, 0.717) is 34.3 Å². The third kappa shape index (κ3) is 3.95. The van der Waals surface area contributed by atoms with Crippen LogP contribution in [0.2, 0.25) is 0 Å². The van der Waals surface area contributed by atoms with Crippen LogP contribution >= 0.6 is 11.8 Å². The summed E-state index contributed by atoms with van der Waals surface area (Å²) in [4.78, 5) is 31.7. The Balaban J connectivity index is 1.82. The molecule has 0 aliphatic carbocycles. The number of amides is 1. The van der Waals surface area contributed by atoms with Gasteiger partial charge in [-0.15, -0.1) is 6.58 Å².